The van der Waals surface area contributed by atoms with Gasteiger partial charge in [-0.25, -0.2) is 9.97 Å². The zero-order chi connectivity index (χ0) is 39.3. The predicted octanol–water partition coefficient (Wildman–Crippen LogP) is 10.6. The first-order chi connectivity index (χ1) is 29.0. The van der Waals surface area contributed by atoms with E-state index in [0.29, 0.717) is 0 Å². The molecule has 1 aliphatic carbocycles. The van der Waals surface area contributed by atoms with Crippen LogP contribution in [0.2, 0.25) is 0 Å². The molecule has 2 aliphatic rings. The maximum Gasteiger partial charge on any atom is 0.185 e. The average molecular weight is 770 g/mol. The maximum absolute atomic E-state index is 5.60. The van der Waals surface area contributed by atoms with E-state index in [-0.39, 0.29) is 5.41 Å². The van der Waals surface area contributed by atoms with Crippen molar-refractivity contribution in [3.63, 3.8) is 0 Å². The highest BCUT2D eigenvalue weighted by Crippen LogP contribution is 2.53. The molecular weight excluding hydrogens is 731 g/mol. The SMILES string of the molecule is CC1(C)c2ccccc2-c2ccc3c(c21)c1ccccc1n3-c1ccc(-c2nc(-c3ccccc3)nc3c2[Si](c2ccccc2)(c2ccccc2)c2ccccc2-3)cc1. The number of rotatable bonds is 5. The van der Waals surface area contributed by atoms with Gasteiger partial charge in [0.1, 0.15) is 0 Å². The van der Waals surface area contributed by atoms with Crippen molar-refractivity contribution < 1.29 is 0 Å². The van der Waals surface area contributed by atoms with Crippen molar-refractivity contribution >= 4 is 50.6 Å². The summed E-state index contributed by atoms with van der Waals surface area (Å²) in [5.41, 5.74) is 14.2. The van der Waals surface area contributed by atoms with E-state index < -0.39 is 8.07 Å². The van der Waals surface area contributed by atoms with Crippen LogP contribution in [-0.4, -0.2) is 22.6 Å². The van der Waals surface area contributed by atoms with Crippen LogP contribution in [0.4, 0.5) is 0 Å². The number of fused-ring (bicyclic) bond motifs is 10. The van der Waals surface area contributed by atoms with Gasteiger partial charge in [-0.15, -0.1) is 0 Å². The lowest BCUT2D eigenvalue weighted by Crippen LogP contribution is -2.73. The normalized spacial score (nSPS) is 14.2. The van der Waals surface area contributed by atoms with Crippen molar-refractivity contribution in [2.45, 2.75) is 19.3 Å². The molecule has 278 valence electrons. The van der Waals surface area contributed by atoms with E-state index in [9.17, 15) is 0 Å². The molecule has 3 nitrogen and oxygen atoms in total. The minimum absolute atomic E-state index is 0.125. The largest absolute Gasteiger partial charge is 0.309 e. The van der Waals surface area contributed by atoms with Crippen molar-refractivity contribution in [3.8, 4) is 50.7 Å². The van der Waals surface area contributed by atoms with Gasteiger partial charge >= 0.3 is 0 Å². The summed E-state index contributed by atoms with van der Waals surface area (Å²) in [4.78, 5) is 11.1. The second kappa shape index (κ2) is 12.7. The summed E-state index contributed by atoms with van der Waals surface area (Å²) >= 11 is 0. The quantitative estimate of drug-likeness (QED) is 0.163. The third-order valence-electron chi connectivity index (χ3n) is 13.1. The van der Waals surface area contributed by atoms with Crippen LogP contribution in [-0.2, 0) is 5.41 Å². The summed E-state index contributed by atoms with van der Waals surface area (Å²) in [5, 5.41) is 7.88. The highest BCUT2D eigenvalue weighted by atomic mass is 28.3. The van der Waals surface area contributed by atoms with Crippen LogP contribution >= 0.6 is 0 Å². The van der Waals surface area contributed by atoms with Crippen LogP contribution in [0, 0.1) is 0 Å². The Morgan fingerprint density at radius 3 is 1.78 bits per heavy atom. The lowest BCUT2D eigenvalue weighted by Gasteiger charge is -2.32. The number of aromatic nitrogens is 3. The molecule has 0 bridgehead atoms. The van der Waals surface area contributed by atoms with Gasteiger partial charge in [-0.2, -0.15) is 0 Å². The molecule has 4 heteroatoms. The van der Waals surface area contributed by atoms with Crippen LogP contribution < -0.4 is 20.7 Å². The van der Waals surface area contributed by atoms with Gasteiger partial charge in [-0.3, -0.25) is 0 Å². The van der Waals surface area contributed by atoms with Crippen LogP contribution in [0.25, 0.3) is 72.5 Å². The number of hydrogen-bond acceptors (Lipinski definition) is 2. The topological polar surface area (TPSA) is 30.7 Å². The average Bonchev–Trinajstić information content (AvgIpc) is 3.88. The van der Waals surface area contributed by atoms with Gasteiger partial charge in [-0.1, -0.05) is 190 Å². The first-order valence-electron chi connectivity index (χ1n) is 20.5. The highest BCUT2D eigenvalue weighted by Gasteiger charge is 2.51. The van der Waals surface area contributed by atoms with Crippen LogP contribution in [0.3, 0.4) is 0 Å². The molecule has 0 amide bonds. The molecule has 12 rings (SSSR count). The molecule has 8 aromatic carbocycles. The fourth-order valence-electron chi connectivity index (χ4n) is 10.6. The Bertz CT molecular complexity index is 3240. The molecule has 0 radical (unpaired) electrons. The summed E-state index contributed by atoms with van der Waals surface area (Å²) in [7, 11) is -2.90. The van der Waals surface area contributed by atoms with Crippen molar-refractivity contribution in [3.05, 3.63) is 211 Å². The molecular formula is C55H39N3Si. The van der Waals surface area contributed by atoms with Crippen molar-refractivity contribution in [2.75, 3.05) is 0 Å². The van der Waals surface area contributed by atoms with Crippen molar-refractivity contribution in [1.29, 1.82) is 0 Å². The minimum atomic E-state index is -2.90. The molecule has 0 fully saturated rings. The van der Waals surface area contributed by atoms with Crippen LogP contribution in [0.5, 0.6) is 0 Å². The fraction of sp³-hybridized carbons (Fsp3) is 0.0545. The van der Waals surface area contributed by atoms with E-state index >= 15 is 0 Å². The highest BCUT2D eigenvalue weighted by molar-refractivity contribution is 7.22. The lowest BCUT2D eigenvalue weighted by atomic mass is 9.80. The second-order valence-electron chi connectivity index (χ2n) is 16.5. The monoisotopic (exact) mass is 769 g/mol. The zero-order valence-electron chi connectivity index (χ0n) is 32.9. The second-order valence-corrected chi connectivity index (χ2v) is 20.2. The molecule has 0 saturated heterocycles. The molecule has 59 heavy (non-hydrogen) atoms. The van der Waals surface area contributed by atoms with Crippen LogP contribution in [0.1, 0.15) is 25.0 Å². The fourth-order valence-corrected chi connectivity index (χ4v) is 15.8. The summed E-state index contributed by atoms with van der Waals surface area (Å²) in [6, 6.07) is 73.3. The van der Waals surface area contributed by atoms with Gasteiger partial charge in [-0.05, 0) is 62.1 Å². The Kier molecular flexibility index (Phi) is 7.29. The molecule has 0 atom stereocenters. The number of para-hydroxylation sites is 1. The Morgan fingerprint density at radius 1 is 0.458 bits per heavy atom. The molecule has 0 unspecified atom stereocenters. The molecule has 0 saturated carbocycles. The molecule has 0 N–H and O–H groups in total. The summed E-state index contributed by atoms with van der Waals surface area (Å²) in [5.74, 6) is 0.740. The minimum Gasteiger partial charge on any atom is -0.309 e. The smallest absolute Gasteiger partial charge is 0.185 e. The first-order valence-corrected chi connectivity index (χ1v) is 22.5. The Morgan fingerprint density at radius 2 is 1.05 bits per heavy atom. The Balaban J connectivity index is 1.11. The molecule has 3 heterocycles. The zero-order valence-corrected chi connectivity index (χ0v) is 33.9. The van der Waals surface area contributed by atoms with Gasteiger partial charge in [0.2, 0.25) is 0 Å². The summed E-state index contributed by atoms with van der Waals surface area (Å²) in [6.07, 6.45) is 0. The first kappa shape index (κ1) is 33.9. The molecule has 10 aromatic rings. The Hall–Kier alpha value is -7.14. The van der Waals surface area contributed by atoms with Gasteiger partial charge in [0.15, 0.2) is 13.9 Å². The van der Waals surface area contributed by atoms with E-state index in [4.69, 9.17) is 9.97 Å². The van der Waals surface area contributed by atoms with E-state index in [2.05, 4.69) is 219 Å². The van der Waals surface area contributed by atoms with Crippen molar-refractivity contribution in [2.24, 2.45) is 0 Å². The van der Waals surface area contributed by atoms with Gasteiger partial charge in [0.05, 0.1) is 22.4 Å². The van der Waals surface area contributed by atoms with E-state index in [0.717, 1.165) is 34.0 Å². The number of benzene rings is 8. The molecule has 2 aromatic heterocycles. The predicted molar refractivity (Wildman–Crippen MR) is 247 cm³/mol. The number of hydrogen-bond donors (Lipinski definition) is 0. The van der Waals surface area contributed by atoms with Gasteiger partial charge in [0.25, 0.3) is 0 Å². The van der Waals surface area contributed by atoms with E-state index in [1.54, 1.807) is 0 Å². The standard InChI is InChI=1S/C55H39N3Si/c1-55(2)45-27-15-12-24-41(45)42-34-35-47-49(50(42)55)43-25-13-16-28-46(43)58(47)38-32-30-36(31-33-38)51-53-52(57-54(56-51)37-18-6-3-7-19-37)44-26-14-17-29-48(44)59(53,39-20-8-4-9-21-39)40-22-10-5-11-23-40/h3-35H,1-2H3. The van der Waals surface area contributed by atoms with E-state index in [1.807, 2.05) is 0 Å². The van der Waals surface area contributed by atoms with E-state index in [1.165, 1.54) is 70.4 Å². The third-order valence-corrected chi connectivity index (χ3v) is 17.9. The van der Waals surface area contributed by atoms with Gasteiger partial charge in [0, 0.05) is 43.8 Å². The van der Waals surface area contributed by atoms with Crippen molar-refractivity contribution in [1.82, 2.24) is 14.5 Å². The summed E-state index contributed by atoms with van der Waals surface area (Å²) < 4.78 is 2.45. The molecule has 0 spiro atoms. The number of nitrogens with zero attached hydrogens (tertiary/aromatic N) is 3. The maximum atomic E-state index is 5.60. The molecule has 1 aliphatic heterocycles. The lowest BCUT2D eigenvalue weighted by molar-refractivity contribution is 0.666. The van der Waals surface area contributed by atoms with Crippen LogP contribution in [0.15, 0.2) is 200 Å². The summed E-state index contributed by atoms with van der Waals surface area (Å²) in [6.45, 7) is 4.77. The Labute approximate surface area is 345 Å². The third kappa shape index (κ3) is 4.69. The van der Waals surface area contributed by atoms with Gasteiger partial charge < -0.3 is 4.57 Å².